The average Bonchev–Trinajstić information content (AvgIpc) is 3.01. The molecule has 0 radical (unpaired) electrons. The van der Waals surface area contributed by atoms with E-state index in [4.69, 9.17) is 18.6 Å². The SMILES string of the molecule is COc1cc(/C=C\C(=O)c2oc3ccc(F)cc3c2C)cc(OC)c1OC. The predicted octanol–water partition coefficient (Wildman–Crippen LogP) is 4.80. The molecule has 0 bridgehead atoms. The van der Waals surface area contributed by atoms with Crippen LogP contribution in [0.5, 0.6) is 17.2 Å². The molecule has 3 rings (SSSR count). The third kappa shape index (κ3) is 3.51. The molecule has 0 amide bonds. The molecule has 0 aliphatic heterocycles. The number of carbonyl (C=O) groups excluding carboxylic acids is 1. The van der Waals surface area contributed by atoms with Crippen LogP contribution in [0.15, 0.2) is 40.8 Å². The number of ether oxygens (including phenoxy) is 3. The van der Waals surface area contributed by atoms with Crippen LogP contribution < -0.4 is 14.2 Å². The highest BCUT2D eigenvalue weighted by Gasteiger charge is 2.17. The molecule has 0 saturated carbocycles. The molecule has 1 heterocycles. The normalized spacial score (nSPS) is 11.1. The van der Waals surface area contributed by atoms with E-state index < -0.39 is 0 Å². The van der Waals surface area contributed by atoms with Gasteiger partial charge in [-0.15, -0.1) is 0 Å². The summed E-state index contributed by atoms with van der Waals surface area (Å²) in [5.74, 6) is 0.924. The predicted molar refractivity (Wildman–Crippen MR) is 100 cm³/mol. The number of carbonyl (C=O) groups is 1. The number of allylic oxidation sites excluding steroid dienone is 1. The number of fused-ring (bicyclic) bond motifs is 1. The summed E-state index contributed by atoms with van der Waals surface area (Å²) in [6.45, 7) is 1.73. The molecule has 3 aromatic rings. The van der Waals surface area contributed by atoms with Gasteiger partial charge >= 0.3 is 0 Å². The minimum Gasteiger partial charge on any atom is -0.493 e. The van der Waals surface area contributed by atoms with Crippen LogP contribution >= 0.6 is 0 Å². The van der Waals surface area contributed by atoms with Crippen molar-refractivity contribution in [3.8, 4) is 17.2 Å². The van der Waals surface area contributed by atoms with Crippen molar-refractivity contribution < 1.29 is 27.8 Å². The van der Waals surface area contributed by atoms with Crippen LogP contribution in [0.1, 0.15) is 21.7 Å². The Bertz CT molecular complexity index is 1010. The number of hydrogen-bond acceptors (Lipinski definition) is 5. The van der Waals surface area contributed by atoms with Crippen LogP contribution in [-0.2, 0) is 0 Å². The molecule has 27 heavy (non-hydrogen) atoms. The van der Waals surface area contributed by atoms with Crippen LogP contribution in [0.3, 0.4) is 0 Å². The topological polar surface area (TPSA) is 57.9 Å². The Hall–Kier alpha value is -3.28. The molecular formula is C21H19FO5. The van der Waals surface area contributed by atoms with Gasteiger partial charge in [0, 0.05) is 10.9 Å². The van der Waals surface area contributed by atoms with Crippen LogP contribution in [-0.4, -0.2) is 27.1 Å². The number of benzene rings is 2. The zero-order valence-electron chi connectivity index (χ0n) is 15.5. The zero-order chi connectivity index (χ0) is 19.6. The highest BCUT2D eigenvalue weighted by atomic mass is 19.1. The molecule has 5 nitrogen and oxygen atoms in total. The fourth-order valence-corrected chi connectivity index (χ4v) is 2.87. The summed E-state index contributed by atoms with van der Waals surface area (Å²) in [7, 11) is 4.56. The van der Waals surface area contributed by atoms with E-state index in [0.29, 0.717) is 39.3 Å². The van der Waals surface area contributed by atoms with Gasteiger partial charge in [0.15, 0.2) is 17.3 Å². The van der Waals surface area contributed by atoms with E-state index in [-0.39, 0.29) is 17.4 Å². The second kappa shape index (κ2) is 7.53. The summed E-state index contributed by atoms with van der Waals surface area (Å²) in [5.41, 5.74) is 1.76. The molecule has 0 saturated heterocycles. The summed E-state index contributed by atoms with van der Waals surface area (Å²) in [6.07, 6.45) is 3.02. The highest BCUT2D eigenvalue weighted by Crippen LogP contribution is 2.38. The van der Waals surface area contributed by atoms with Gasteiger partial charge in [0.2, 0.25) is 11.5 Å². The van der Waals surface area contributed by atoms with E-state index in [1.807, 2.05) is 0 Å². The molecule has 0 atom stereocenters. The van der Waals surface area contributed by atoms with Crippen molar-refractivity contribution in [1.29, 1.82) is 0 Å². The fourth-order valence-electron chi connectivity index (χ4n) is 2.87. The number of furan rings is 1. The van der Waals surface area contributed by atoms with Gasteiger partial charge in [0.25, 0.3) is 0 Å². The lowest BCUT2D eigenvalue weighted by Crippen LogP contribution is -1.96. The van der Waals surface area contributed by atoms with Crippen molar-refractivity contribution in [2.45, 2.75) is 6.92 Å². The third-order valence-electron chi connectivity index (χ3n) is 4.24. The number of rotatable bonds is 6. The summed E-state index contributed by atoms with van der Waals surface area (Å²) in [5, 5.41) is 0.583. The Balaban J connectivity index is 1.94. The largest absolute Gasteiger partial charge is 0.493 e. The van der Waals surface area contributed by atoms with E-state index in [1.165, 1.54) is 45.6 Å². The Kier molecular flexibility index (Phi) is 5.16. The Morgan fingerprint density at radius 3 is 2.30 bits per heavy atom. The van der Waals surface area contributed by atoms with E-state index in [2.05, 4.69) is 0 Å². The lowest BCUT2D eigenvalue weighted by Gasteiger charge is -2.12. The van der Waals surface area contributed by atoms with Gasteiger partial charge in [0.05, 0.1) is 21.3 Å². The Morgan fingerprint density at radius 2 is 1.70 bits per heavy atom. The van der Waals surface area contributed by atoms with Crippen LogP contribution in [0.25, 0.3) is 17.0 Å². The maximum atomic E-state index is 13.4. The monoisotopic (exact) mass is 370 g/mol. The van der Waals surface area contributed by atoms with Crippen molar-refractivity contribution in [3.05, 3.63) is 59.1 Å². The van der Waals surface area contributed by atoms with Gasteiger partial charge < -0.3 is 18.6 Å². The van der Waals surface area contributed by atoms with Gasteiger partial charge in [-0.3, -0.25) is 4.79 Å². The first kappa shape index (κ1) is 18.5. The van der Waals surface area contributed by atoms with Crippen molar-refractivity contribution in [3.63, 3.8) is 0 Å². The van der Waals surface area contributed by atoms with Gasteiger partial charge in [-0.1, -0.05) is 6.08 Å². The molecule has 0 fully saturated rings. The fraction of sp³-hybridized carbons (Fsp3) is 0.190. The lowest BCUT2D eigenvalue weighted by molar-refractivity contribution is 0.102. The van der Waals surface area contributed by atoms with Gasteiger partial charge in [0.1, 0.15) is 11.4 Å². The molecule has 0 spiro atoms. The maximum absolute atomic E-state index is 13.4. The number of halogens is 1. The first-order chi connectivity index (χ1) is 13.0. The van der Waals surface area contributed by atoms with Crippen molar-refractivity contribution >= 4 is 22.8 Å². The van der Waals surface area contributed by atoms with Crippen molar-refractivity contribution in [1.82, 2.24) is 0 Å². The molecule has 0 aliphatic rings. The quantitative estimate of drug-likeness (QED) is 0.461. The second-order valence-corrected chi connectivity index (χ2v) is 5.85. The second-order valence-electron chi connectivity index (χ2n) is 5.85. The number of hydrogen-bond donors (Lipinski definition) is 0. The Morgan fingerprint density at radius 1 is 1.04 bits per heavy atom. The first-order valence-corrected chi connectivity index (χ1v) is 8.19. The van der Waals surface area contributed by atoms with Gasteiger partial charge in [-0.2, -0.15) is 0 Å². The van der Waals surface area contributed by atoms with Crippen LogP contribution in [0.2, 0.25) is 0 Å². The summed E-state index contributed by atoms with van der Waals surface area (Å²) >= 11 is 0. The maximum Gasteiger partial charge on any atom is 0.221 e. The summed E-state index contributed by atoms with van der Waals surface area (Å²) < 4.78 is 34.9. The van der Waals surface area contributed by atoms with E-state index in [0.717, 1.165) is 0 Å². The third-order valence-corrected chi connectivity index (χ3v) is 4.24. The van der Waals surface area contributed by atoms with Crippen molar-refractivity contribution in [2.24, 2.45) is 0 Å². The van der Waals surface area contributed by atoms with E-state index in [1.54, 1.807) is 25.1 Å². The first-order valence-electron chi connectivity index (χ1n) is 8.19. The molecule has 2 aromatic carbocycles. The van der Waals surface area contributed by atoms with Gasteiger partial charge in [-0.05, 0) is 48.9 Å². The number of methoxy groups -OCH3 is 3. The molecule has 0 unspecified atom stereocenters. The molecule has 1 aromatic heterocycles. The lowest BCUT2D eigenvalue weighted by atomic mass is 10.1. The Labute approximate surface area is 155 Å². The zero-order valence-corrected chi connectivity index (χ0v) is 15.5. The molecule has 0 aliphatic carbocycles. The smallest absolute Gasteiger partial charge is 0.221 e. The summed E-state index contributed by atoms with van der Waals surface area (Å²) in [4.78, 5) is 12.6. The minimum absolute atomic E-state index is 0.180. The summed E-state index contributed by atoms with van der Waals surface area (Å²) in [6, 6.07) is 7.62. The standard InChI is InChI=1S/C21H19FO5/c1-12-15-11-14(22)6-8-17(15)27-20(12)16(23)7-5-13-9-18(24-2)21(26-4)19(10-13)25-3/h5-11H,1-4H3/b7-5-. The van der Waals surface area contributed by atoms with E-state index >= 15 is 0 Å². The molecule has 6 heteroatoms. The highest BCUT2D eigenvalue weighted by molar-refractivity contribution is 6.08. The molecular weight excluding hydrogens is 351 g/mol. The number of aryl methyl sites for hydroxylation is 1. The average molecular weight is 370 g/mol. The minimum atomic E-state index is -0.377. The van der Waals surface area contributed by atoms with Crippen LogP contribution in [0.4, 0.5) is 4.39 Å². The molecule has 0 N–H and O–H groups in total. The number of ketones is 1. The van der Waals surface area contributed by atoms with Crippen LogP contribution in [0, 0.1) is 12.7 Å². The van der Waals surface area contributed by atoms with Crippen molar-refractivity contribution in [2.75, 3.05) is 21.3 Å². The molecule has 140 valence electrons. The van der Waals surface area contributed by atoms with E-state index in [9.17, 15) is 9.18 Å². The van der Waals surface area contributed by atoms with Gasteiger partial charge in [-0.25, -0.2) is 4.39 Å².